The van der Waals surface area contributed by atoms with Crippen LogP contribution < -0.4 is 5.43 Å². The van der Waals surface area contributed by atoms with Gasteiger partial charge in [0.1, 0.15) is 5.82 Å². The summed E-state index contributed by atoms with van der Waals surface area (Å²) in [5.41, 5.74) is 3.92. The molecule has 1 amide bonds. The Morgan fingerprint density at radius 1 is 1.07 bits per heavy atom. The molecule has 138 valence electrons. The molecule has 0 unspecified atom stereocenters. The van der Waals surface area contributed by atoms with Crippen LogP contribution in [0.2, 0.25) is 0 Å². The maximum absolute atomic E-state index is 13.6. The third-order valence-corrected chi connectivity index (χ3v) is 3.99. The minimum absolute atomic E-state index is 0.132. The molecule has 1 aromatic heterocycles. The highest BCUT2D eigenvalue weighted by molar-refractivity contribution is 6.07. The second-order valence-corrected chi connectivity index (χ2v) is 5.94. The van der Waals surface area contributed by atoms with Gasteiger partial charge in [-0.1, -0.05) is 0 Å². The first-order chi connectivity index (χ1) is 12.8. The van der Waals surface area contributed by atoms with Gasteiger partial charge in [-0.2, -0.15) is 5.10 Å². The number of pyridine rings is 1. The number of carbonyl (C=O) groups excluding carboxylic acids is 1. The summed E-state index contributed by atoms with van der Waals surface area (Å²) in [7, 11) is 0. The van der Waals surface area contributed by atoms with Gasteiger partial charge in [0.05, 0.1) is 16.8 Å². The molecule has 2 aromatic carbocycles. The highest BCUT2D eigenvalue weighted by Crippen LogP contribution is 2.37. The number of carbonyl (C=O) groups is 1. The Bertz CT molecular complexity index is 1100. The number of benzene rings is 2. The first-order valence-electron chi connectivity index (χ1n) is 7.93. The molecule has 3 aromatic rings. The number of phenols is 3. The highest BCUT2D eigenvalue weighted by Gasteiger charge is 2.15. The highest BCUT2D eigenvalue weighted by atomic mass is 19.1. The van der Waals surface area contributed by atoms with Gasteiger partial charge in [-0.25, -0.2) is 9.82 Å². The van der Waals surface area contributed by atoms with E-state index in [1.54, 1.807) is 6.92 Å². The topological polar surface area (TPSA) is 115 Å². The Kier molecular flexibility index (Phi) is 4.64. The Hall–Kier alpha value is -3.68. The number of aromatic hydroxyl groups is 3. The predicted octanol–water partition coefficient (Wildman–Crippen LogP) is 2.95. The van der Waals surface area contributed by atoms with Crippen molar-refractivity contribution in [3.05, 3.63) is 59.0 Å². The summed E-state index contributed by atoms with van der Waals surface area (Å²) >= 11 is 0. The Balaban J connectivity index is 1.94. The standard InChI is InChI=1S/C19H16FN3O4/c1-9-7-14(13-8-11(20)3-5-15(13)21-9)19(27)23-22-10(2)12-4-6-16(24)18(26)17(12)25/h3-8,24-26H,1-2H3,(H,23,27). The smallest absolute Gasteiger partial charge is 0.272 e. The molecular formula is C19H16FN3O4. The molecule has 1 heterocycles. The van der Waals surface area contributed by atoms with Crippen LogP contribution in [0.25, 0.3) is 10.9 Å². The maximum atomic E-state index is 13.6. The monoisotopic (exact) mass is 369 g/mol. The number of hydrogen-bond donors (Lipinski definition) is 4. The summed E-state index contributed by atoms with van der Waals surface area (Å²) in [6.07, 6.45) is 0. The van der Waals surface area contributed by atoms with E-state index in [1.165, 1.54) is 43.3 Å². The average molecular weight is 369 g/mol. The van der Waals surface area contributed by atoms with E-state index in [4.69, 9.17) is 0 Å². The molecular weight excluding hydrogens is 353 g/mol. The first-order valence-corrected chi connectivity index (χ1v) is 7.93. The fraction of sp³-hybridized carbons (Fsp3) is 0.105. The van der Waals surface area contributed by atoms with Crippen molar-refractivity contribution < 1.29 is 24.5 Å². The van der Waals surface area contributed by atoms with Gasteiger partial charge in [0.25, 0.3) is 5.91 Å². The summed E-state index contributed by atoms with van der Waals surface area (Å²) in [6.45, 7) is 3.22. The molecule has 0 aliphatic heterocycles. The number of amides is 1. The first kappa shape index (κ1) is 18.1. The largest absolute Gasteiger partial charge is 0.504 e. The van der Waals surface area contributed by atoms with Crippen molar-refractivity contribution in [3.8, 4) is 17.2 Å². The molecule has 4 N–H and O–H groups in total. The van der Waals surface area contributed by atoms with E-state index in [1.807, 2.05) is 0 Å². The maximum Gasteiger partial charge on any atom is 0.272 e. The summed E-state index contributed by atoms with van der Waals surface area (Å²) in [5.74, 6) is -2.80. The van der Waals surface area contributed by atoms with Crippen LogP contribution in [0.1, 0.15) is 28.5 Å². The van der Waals surface area contributed by atoms with E-state index in [0.717, 1.165) is 0 Å². The minimum atomic E-state index is -0.681. The van der Waals surface area contributed by atoms with Crippen molar-refractivity contribution >= 4 is 22.5 Å². The second-order valence-electron chi connectivity index (χ2n) is 5.94. The van der Waals surface area contributed by atoms with E-state index >= 15 is 0 Å². The number of nitrogens with one attached hydrogen (secondary N) is 1. The molecule has 0 fully saturated rings. The normalized spacial score (nSPS) is 11.6. The number of phenolic OH excluding ortho intramolecular Hbond substituents is 3. The van der Waals surface area contributed by atoms with Crippen molar-refractivity contribution in [2.24, 2.45) is 5.10 Å². The van der Waals surface area contributed by atoms with Crippen molar-refractivity contribution in [1.82, 2.24) is 10.4 Å². The molecule has 0 bridgehead atoms. The third kappa shape index (κ3) is 3.50. The molecule has 0 saturated carbocycles. The Morgan fingerprint density at radius 2 is 1.81 bits per heavy atom. The van der Waals surface area contributed by atoms with Gasteiger partial charge in [0.2, 0.25) is 5.75 Å². The summed E-state index contributed by atoms with van der Waals surface area (Å²) in [4.78, 5) is 16.8. The molecule has 27 heavy (non-hydrogen) atoms. The SMILES string of the molecule is CC(=NNC(=O)c1cc(C)nc2ccc(F)cc12)c1ccc(O)c(O)c1O. The molecule has 3 rings (SSSR count). The van der Waals surface area contributed by atoms with Gasteiger partial charge in [-0.3, -0.25) is 9.78 Å². The summed E-state index contributed by atoms with van der Waals surface area (Å²) in [5, 5.41) is 33.1. The number of fused-ring (bicyclic) bond motifs is 1. The van der Waals surface area contributed by atoms with Gasteiger partial charge in [-0.05, 0) is 50.2 Å². The van der Waals surface area contributed by atoms with E-state index in [9.17, 15) is 24.5 Å². The lowest BCUT2D eigenvalue weighted by Crippen LogP contribution is -2.20. The van der Waals surface area contributed by atoms with Gasteiger partial charge in [0.15, 0.2) is 11.5 Å². The number of aromatic nitrogens is 1. The lowest BCUT2D eigenvalue weighted by Gasteiger charge is -2.09. The summed E-state index contributed by atoms with van der Waals surface area (Å²) < 4.78 is 13.6. The zero-order valence-electron chi connectivity index (χ0n) is 14.5. The molecule has 0 atom stereocenters. The van der Waals surface area contributed by atoms with Crippen LogP contribution in [0.4, 0.5) is 4.39 Å². The quantitative estimate of drug-likeness (QED) is 0.322. The number of hydrazone groups is 1. The van der Waals surface area contributed by atoms with Gasteiger partial charge in [0, 0.05) is 16.6 Å². The zero-order chi connectivity index (χ0) is 19.7. The van der Waals surface area contributed by atoms with Crippen molar-refractivity contribution in [2.75, 3.05) is 0 Å². The number of aryl methyl sites for hydroxylation is 1. The van der Waals surface area contributed by atoms with Gasteiger partial charge < -0.3 is 15.3 Å². The molecule has 0 radical (unpaired) electrons. The number of nitrogens with zero attached hydrogens (tertiary/aromatic N) is 2. The van der Waals surface area contributed by atoms with E-state index in [0.29, 0.717) is 16.6 Å². The second kappa shape index (κ2) is 6.91. The molecule has 7 nitrogen and oxygen atoms in total. The van der Waals surface area contributed by atoms with E-state index in [-0.39, 0.29) is 16.8 Å². The minimum Gasteiger partial charge on any atom is -0.504 e. The van der Waals surface area contributed by atoms with Crippen LogP contribution >= 0.6 is 0 Å². The van der Waals surface area contributed by atoms with Crippen LogP contribution in [-0.2, 0) is 0 Å². The van der Waals surface area contributed by atoms with Crippen LogP contribution in [-0.4, -0.2) is 31.9 Å². The molecule has 0 spiro atoms. The lowest BCUT2D eigenvalue weighted by molar-refractivity contribution is 0.0956. The van der Waals surface area contributed by atoms with Crippen LogP contribution in [0.5, 0.6) is 17.2 Å². The van der Waals surface area contributed by atoms with Crippen LogP contribution in [0.15, 0.2) is 41.5 Å². The predicted molar refractivity (Wildman–Crippen MR) is 97.6 cm³/mol. The third-order valence-electron chi connectivity index (χ3n) is 3.99. The molecule has 0 saturated heterocycles. The fourth-order valence-electron chi connectivity index (χ4n) is 2.63. The van der Waals surface area contributed by atoms with E-state index in [2.05, 4.69) is 15.5 Å². The molecule has 8 heteroatoms. The van der Waals surface area contributed by atoms with E-state index < -0.39 is 29.0 Å². The summed E-state index contributed by atoms with van der Waals surface area (Å²) in [6, 6.07) is 8.02. The Morgan fingerprint density at radius 3 is 2.56 bits per heavy atom. The van der Waals surface area contributed by atoms with Crippen molar-refractivity contribution in [2.45, 2.75) is 13.8 Å². The Labute approximate surface area is 153 Å². The number of hydrogen-bond acceptors (Lipinski definition) is 6. The average Bonchev–Trinajstić information content (AvgIpc) is 2.63. The fourth-order valence-corrected chi connectivity index (χ4v) is 2.63. The number of halogens is 1. The van der Waals surface area contributed by atoms with Crippen LogP contribution in [0, 0.1) is 12.7 Å². The van der Waals surface area contributed by atoms with Gasteiger partial charge >= 0.3 is 0 Å². The number of rotatable bonds is 3. The van der Waals surface area contributed by atoms with Gasteiger partial charge in [-0.15, -0.1) is 0 Å². The molecule has 0 aliphatic rings. The van der Waals surface area contributed by atoms with Crippen molar-refractivity contribution in [3.63, 3.8) is 0 Å². The zero-order valence-corrected chi connectivity index (χ0v) is 14.5. The molecule has 0 aliphatic carbocycles. The van der Waals surface area contributed by atoms with Crippen molar-refractivity contribution in [1.29, 1.82) is 0 Å². The lowest BCUT2D eigenvalue weighted by atomic mass is 10.1. The van der Waals surface area contributed by atoms with Crippen LogP contribution in [0.3, 0.4) is 0 Å².